The van der Waals surface area contributed by atoms with Crippen molar-refractivity contribution in [3.05, 3.63) is 24.3 Å². The molecule has 2 aromatic carbocycles. The number of nitrogen functional groups attached to an aromatic ring is 4. The number of nitrogens with two attached hydrogens (primary N) is 4. The molecule has 0 unspecified atom stereocenters. The summed E-state index contributed by atoms with van der Waals surface area (Å²) in [5.74, 6) is 0. The molecule has 0 amide bonds. The lowest BCUT2D eigenvalue weighted by Gasteiger charge is -2.05. The first-order valence-electron chi connectivity index (χ1n) is 5.13. The van der Waals surface area contributed by atoms with E-state index in [4.69, 9.17) is 22.9 Å². The first kappa shape index (κ1) is 10.0. The summed E-state index contributed by atoms with van der Waals surface area (Å²) in [4.78, 5) is 0. The maximum absolute atomic E-state index is 6.03. The zero-order valence-electron chi connectivity index (χ0n) is 9.03. The molecule has 17 heavy (non-hydrogen) atoms. The van der Waals surface area contributed by atoms with Gasteiger partial charge >= 0.3 is 0 Å². The summed E-state index contributed by atoms with van der Waals surface area (Å²) < 4.78 is 2.15. The lowest BCUT2D eigenvalue weighted by molar-refractivity contribution is 1.74. The minimum atomic E-state index is 0.569. The topological polar surface area (TPSA) is 104 Å². The van der Waals surface area contributed by atoms with Crippen molar-refractivity contribution >= 4 is 54.3 Å². The van der Waals surface area contributed by atoms with Crippen LogP contribution in [0.1, 0.15) is 0 Å². The normalized spacial score (nSPS) is 11.3. The minimum Gasteiger partial charge on any atom is -0.397 e. The van der Waals surface area contributed by atoms with Crippen LogP contribution in [0.5, 0.6) is 0 Å². The maximum atomic E-state index is 6.03. The molecule has 3 rings (SSSR count). The van der Waals surface area contributed by atoms with E-state index in [0.717, 1.165) is 20.2 Å². The number of thiophene rings is 1. The molecule has 4 nitrogen and oxygen atoms in total. The maximum Gasteiger partial charge on any atom is 0.0643 e. The van der Waals surface area contributed by atoms with Crippen molar-refractivity contribution in [1.82, 2.24) is 0 Å². The van der Waals surface area contributed by atoms with Crippen molar-refractivity contribution in [2.45, 2.75) is 0 Å². The second kappa shape index (κ2) is 3.18. The summed E-state index contributed by atoms with van der Waals surface area (Å²) in [6.45, 7) is 0. The van der Waals surface area contributed by atoms with Gasteiger partial charge in [0.15, 0.2) is 0 Å². The molecule has 0 bridgehead atoms. The van der Waals surface area contributed by atoms with Gasteiger partial charge in [-0.3, -0.25) is 0 Å². The van der Waals surface area contributed by atoms with Gasteiger partial charge in [-0.2, -0.15) is 0 Å². The molecule has 0 saturated heterocycles. The van der Waals surface area contributed by atoms with Crippen LogP contribution in [0.2, 0.25) is 0 Å². The highest BCUT2D eigenvalue weighted by Gasteiger charge is 2.13. The highest BCUT2D eigenvalue weighted by Crippen LogP contribution is 2.43. The fourth-order valence-electron chi connectivity index (χ4n) is 2.04. The average molecular weight is 244 g/mol. The minimum absolute atomic E-state index is 0.569. The van der Waals surface area contributed by atoms with Gasteiger partial charge < -0.3 is 22.9 Å². The molecule has 5 heteroatoms. The SMILES string of the molecule is Nc1ccc2sc3ccc(N)c(N)c3c2c1N. The van der Waals surface area contributed by atoms with Crippen LogP contribution in [0, 0.1) is 0 Å². The molecular weight excluding hydrogens is 232 g/mol. The van der Waals surface area contributed by atoms with Crippen molar-refractivity contribution in [3.8, 4) is 0 Å². The highest BCUT2D eigenvalue weighted by atomic mass is 32.1. The summed E-state index contributed by atoms with van der Waals surface area (Å²) >= 11 is 1.64. The van der Waals surface area contributed by atoms with E-state index >= 15 is 0 Å². The molecule has 1 aromatic heterocycles. The van der Waals surface area contributed by atoms with E-state index < -0.39 is 0 Å². The number of anilines is 4. The Bertz CT molecular complexity index is 683. The van der Waals surface area contributed by atoms with Crippen LogP contribution in [0.15, 0.2) is 24.3 Å². The molecule has 1 heterocycles. The molecule has 0 radical (unpaired) electrons. The van der Waals surface area contributed by atoms with Crippen LogP contribution in [0.3, 0.4) is 0 Å². The lowest BCUT2D eigenvalue weighted by atomic mass is 10.1. The number of benzene rings is 2. The standard InChI is InChI=1S/C12H12N4S/c13-5-1-3-7-9(11(5)15)10-8(17-7)4-2-6(14)12(10)16/h1-4H,13-16H2. The number of hydrogen-bond acceptors (Lipinski definition) is 5. The van der Waals surface area contributed by atoms with Crippen LogP contribution in [0.25, 0.3) is 20.2 Å². The third-order valence-electron chi connectivity index (χ3n) is 2.95. The monoisotopic (exact) mass is 244 g/mol. The van der Waals surface area contributed by atoms with Gasteiger partial charge in [0.05, 0.1) is 22.7 Å². The van der Waals surface area contributed by atoms with Crippen molar-refractivity contribution in [1.29, 1.82) is 0 Å². The van der Waals surface area contributed by atoms with Crippen LogP contribution in [-0.2, 0) is 0 Å². The Morgan fingerprint density at radius 2 is 1.06 bits per heavy atom. The molecule has 3 aromatic rings. The Balaban J connectivity index is 2.65. The lowest BCUT2D eigenvalue weighted by Crippen LogP contribution is -1.97. The summed E-state index contributed by atoms with van der Waals surface area (Å²) in [6.07, 6.45) is 0. The fourth-order valence-corrected chi connectivity index (χ4v) is 3.17. The summed E-state index contributed by atoms with van der Waals surface area (Å²) in [5.41, 5.74) is 26.0. The number of rotatable bonds is 0. The van der Waals surface area contributed by atoms with Crippen LogP contribution < -0.4 is 22.9 Å². The van der Waals surface area contributed by atoms with Gasteiger partial charge in [-0.05, 0) is 24.3 Å². The fraction of sp³-hybridized carbons (Fsp3) is 0. The van der Waals surface area contributed by atoms with Crippen molar-refractivity contribution in [3.63, 3.8) is 0 Å². The molecule has 8 N–H and O–H groups in total. The second-order valence-electron chi connectivity index (χ2n) is 3.99. The molecule has 0 spiro atoms. The molecule has 0 saturated carbocycles. The van der Waals surface area contributed by atoms with E-state index in [1.165, 1.54) is 0 Å². The third-order valence-corrected chi connectivity index (χ3v) is 4.07. The Morgan fingerprint density at radius 1 is 0.647 bits per heavy atom. The van der Waals surface area contributed by atoms with E-state index in [2.05, 4.69) is 0 Å². The molecule has 86 valence electrons. The third kappa shape index (κ3) is 1.23. The highest BCUT2D eigenvalue weighted by molar-refractivity contribution is 7.26. The van der Waals surface area contributed by atoms with Crippen LogP contribution >= 0.6 is 11.3 Å². The number of fused-ring (bicyclic) bond motifs is 3. The average Bonchev–Trinajstić information content (AvgIpc) is 2.69. The quantitative estimate of drug-likeness (QED) is 0.456. The van der Waals surface area contributed by atoms with Gasteiger partial charge in [0.1, 0.15) is 0 Å². The zero-order chi connectivity index (χ0) is 12.2. The van der Waals surface area contributed by atoms with E-state index in [-0.39, 0.29) is 0 Å². The van der Waals surface area contributed by atoms with Gasteiger partial charge in [-0.1, -0.05) is 0 Å². The van der Waals surface area contributed by atoms with E-state index in [9.17, 15) is 0 Å². The Kier molecular flexibility index (Phi) is 1.88. The van der Waals surface area contributed by atoms with Gasteiger partial charge in [0, 0.05) is 20.2 Å². The summed E-state index contributed by atoms with van der Waals surface area (Å²) in [6, 6.07) is 7.54. The Morgan fingerprint density at radius 3 is 1.47 bits per heavy atom. The van der Waals surface area contributed by atoms with Gasteiger partial charge in [-0.15, -0.1) is 11.3 Å². The van der Waals surface area contributed by atoms with Gasteiger partial charge in [-0.25, -0.2) is 0 Å². The molecule has 0 aliphatic rings. The molecular formula is C12H12N4S. The Hall–Kier alpha value is -2.14. The Labute approximate surface area is 102 Å². The second-order valence-corrected chi connectivity index (χ2v) is 5.07. The number of hydrogen-bond donors (Lipinski definition) is 4. The van der Waals surface area contributed by atoms with Crippen LogP contribution in [-0.4, -0.2) is 0 Å². The molecule has 0 fully saturated rings. The molecule has 0 atom stereocenters. The van der Waals surface area contributed by atoms with Crippen molar-refractivity contribution in [2.75, 3.05) is 22.9 Å². The van der Waals surface area contributed by atoms with Gasteiger partial charge in [0.2, 0.25) is 0 Å². The first-order valence-corrected chi connectivity index (χ1v) is 5.95. The van der Waals surface area contributed by atoms with Crippen LogP contribution in [0.4, 0.5) is 22.7 Å². The van der Waals surface area contributed by atoms with Crippen molar-refractivity contribution in [2.24, 2.45) is 0 Å². The van der Waals surface area contributed by atoms with Crippen molar-refractivity contribution < 1.29 is 0 Å². The zero-order valence-corrected chi connectivity index (χ0v) is 9.84. The molecule has 0 aliphatic carbocycles. The van der Waals surface area contributed by atoms with E-state index in [1.54, 1.807) is 11.3 Å². The summed E-state index contributed by atoms with van der Waals surface area (Å²) in [7, 11) is 0. The largest absolute Gasteiger partial charge is 0.397 e. The van der Waals surface area contributed by atoms with Gasteiger partial charge in [0.25, 0.3) is 0 Å². The predicted octanol–water partition coefficient (Wildman–Crippen LogP) is 2.38. The molecule has 0 aliphatic heterocycles. The van der Waals surface area contributed by atoms with E-state index in [1.807, 2.05) is 24.3 Å². The summed E-state index contributed by atoms with van der Waals surface area (Å²) in [5, 5.41) is 1.82. The smallest absolute Gasteiger partial charge is 0.0643 e. The predicted molar refractivity (Wildman–Crippen MR) is 77.0 cm³/mol. The first-order chi connectivity index (χ1) is 8.09. The van der Waals surface area contributed by atoms with E-state index in [0.29, 0.717) is 22.7 Å².